The summed E-state index contributed by atoms with van der Waals surface area (Å²) >= 11 is 0. The third kappa shape index (κ3) is 5.65. The highest BCUT2D eigenvalue weighted by molar-refractivity contribution is 7.87. The highest BCUT2D eigenvalue weighted by Gasteiger charge is 2.22. The molecule has 1 aromatic rings. The Balaban J connectivity index is 2.51. The molecule has 6 heteroatoms. The van der Waals surface area contributed by atoms with Crippen molar-refractivity contribution in [1.82, 2.24) is 9.03 Å². The molecule has 0 spiro atoms. The molecule has 1 N–H and O–H groups in total. The fourth-order valence-electron chi connectivity index (χ4n) is 1.85. The molecule has 120 valence electrons. The minimum atomic E-state index is -3.41. The molecular weight excluding hydrogens is 288 g/mol. The van der Waals surface area contributed by atoms with Crippen LogP contribution in [0.25, 0.3) is 0 Å². The maximum absolute atomic E-state index is 12.1. The zero-order valence-electron chi connectivity index (χ0n) is 13.5. The first-order valence-electron chi connectivity index (χ1n) is 7.14. The van der Waals surface area contributed by atoms with Crippen LogP contribution in [0.1, 0.15) is 32.8 Å². The molecule has 0 aromatic heterocycles. The number of ether oxygens (including phenoxy) is 1. The monoisotopic (exact) mass is 314 g/mol. The Labute approximate surface area is 128 Å². The number of nitrogens with one attached hydrogen (secondary N) is 1. The van der Waals surface area contributed by atoms with E-state index in [1.807, 2.05) is 45.0 Å². The van der Waals surface area contributed by atoms with Crippen LogP contribution in [0.4, 0.5) is 0 Å². The molecule has 0 radical (unpaired) electrons. The topological polar surface area (TPSA) is 58.6 Å². The third-order valence-electron chi connectivity index (χ3n) is 3.48. The van der Waals surface area contributed by atoms with E-state index in [1.54, 1.807) is 14.2 Å². The van der Waals surface area contributed by atoms with E-state index in [9.17, 15) is 8.42 Å². The van der Waals surface area contributed by atoms with Crippen molar-refractivity contribution < 1.29 is 13.2 Å². The first kappa shape index (κ1) is 17.9. The SMILES string of the molecule is COc1ccc(CCC(C)NS(=O)(=O)N(C)C(C)C)cc1. The van der Waals surface area contributed by atoms with Crippen LogP contribution in [0.2, 0.25) is 0 Å². The molecule has 0 aliphatic heterocycles. The van der Waals surface area contributed by atoms with E-state index in [0.29, 0.717) is 0 Å². The summed E-state index contributed by atoms with van der Waals surface area (Å²) in [5.41, 5.74) is 1.17. The lowest BCUT2D eigenvalue weighted by atomic mass is 10.1. The van der Waals surface area contributed by atoms with Crippen molar-refractivity contribution in [3.05, 3.63) is 29.8 Å². The Kier molecular flexibility index (Phi) is 6.64. The molecule has 1 unspecified atom stereocenters. The van der Waals surface area contributed by atoms with Gasteiger partial charge in [-0.3, -0.25) is 0 Å². The number of hydrogen-bond donors (Lipinski definition) is 1. The molecule has 0 saturated carbocycles. The largest absolute Gasteiger partial charge is 0.497 e. The van der Waals surface area contributed by atoms with Crippen LogP contribution in [0.3, 0.4) is 0 Å². The minimum absolute atomic E-state index is 0.0590. The second-order valence-electron chi connectivity index (χ2n) is 5.52. The van der Waals surface area contributed by atoms with Crippen LogP contribution in [-0.2, 0) is 16.6 Å². The highest BCUT2D eigenvalue weighted by atomic mass is 32.2. The standard InChI is InChI=1S/C15H26N2O3S/c1-12(2)17(4)21(18,19)16-13(3)6-7-14-8-10-15(20-5)11-9-14/h8-13,16H,6-7H2,1-5H3. The quantitative estimate of drug-likeness (QED) is 0.800. The number of benzene rings is 1. The van der Waals surface area contributed by atoms with Crippen LogP contribution in [0.5, 0.6) is 5.75 Å². The van der Waals surface area contributed by atoms with E-state index in [4.69, 9.17) is 4.74 Å². The van der Waals surface area contributed by atoms with Gasteiger partial charge in [-0.05, 0) is 51.3 Å². The molecule has 0 bridgehead atoms. The zero-order chi connectivity index (χ0) is 16.0. The summed E-state index contributed by atoms with van der Waals surface area (Å²) in [5, 5.41) is 0. The van der Waals surface area contributed by atoms with E-state index in [1.165, 1.54) is 9.87 Å². The fourth-order valence-corrected chi connectivity index (χ4v) is 3.20. The lowest BCUT2D eigenvalue weighted by molar-refractivity contribution is 0.395. The van der Waals surface area contributed by atoms with E-state index < -0.39 is 10.2 Å². The molecular formula is C15H26N2O3S. The van der Waals surface area contributed by atoms with Crippen molar-refractivity contribution in [2.75, 3.05) is 14.2 Å². The van der Waals surface area contributed by atoms with Gasteiger partial charge >= 0.3 is 0 Å². The van der Waals surface area contributed by atoms with Crippen LogP contribution in [0, 0.1) is 0 Å². The van der Waals surface area contributed by atoms with Crippen molar-refractivity contribution in [3.8, 4) is 5.75 Å². The fraction of sp³-hybridized carbons (Fsp3) is 0.600. The molecule has 5 nitrogen and oxygen atoms in total. The van der Waals surface area contributed by atoms with Crippen molar-refractivity contribution in [2.24, 2.45) is 0 Å². The second-order valence-corrected chi connectivity index (χ2v) is 7.28. The van der Waals surface area contributed by atoms with Gasteiger partial charge in [0.25, 0.3) is 10.2 Å². The Morgan fingerprint density at radius 2 is 1.76 bits per heavy atom. The molecule has 0 amide bonds. The van der Waals surface area contributed by atoms with Gasteiger partial charge < -0.3 is 4.74 Å². The molecule has 0 heterocycles. The van der Waals surface area contributed by atoms with Gasteiger partial charge in [-0.15, -0.1) is 0 Å². The average Bonchev–Trinajstić information content (AvgIpc) is 2.44. The van der Waals surface area contributed by atoms with Crippen molar-refractivity contribution in [2.45, 2.75) is 45.7 Å². The van der Waals surface area contributed by atoms with Crippen molar-refractivity contribution in [3.63, 3.8) is 0 Å². The van der Waals surface area contributed by atoms with Gasteiger partial charge in [0, 0.05) is 19.1 Å². The van der Waals surface area contributed by atoms with Crippen LogP contribution < -0.4 is 9.46 Å². The van der Waals surface area contributed by atoms with E-state index in [2.05, 4.69) is 4.72 Å². The van der Waals surface area contributed by atoms with Gasteiger partial charge in [0.15, 0.2) is 0 Å². The van der Waals surface area contributed by atoms with Crippen molar-refractivity contribution in [1.29, 1.82) is 0 Å². The molecule has 0 fully saturated rings. The molecule has 0 saturated heterocycles. The normalized spacial score (nSPS) is 13.7. The van der Waals surface area contributed by atoms with E-state index in [-0.39, 0.29) is 12.1 Å². The van der Waals surface area contributed by atoms with Gasteiger partial charge in [-0.25, -0.2) is 0 Å². The summed E-state index contributed by atoms with van der Waals surface area (Å²) < 4.78 is 33.3. The first-order chi connectivity index (χ1) is 9.76. The molecule has 1 rings (SSSR count). The second kappa shape index (κ2) is 7.77. The van der Waals surface area contributed by atoms with Crippen LogP contribution in [0.15, 0.2) is 24.3 Å². The van der Waals surface area contributed by atoms with Gasteiger partial charge in [0.2, 0.25) is 0 Å². The average molecular weight is 314 g/mol. The summed E-state index contributed by atoms with van der Waals surface area (Å²) in [6.45, 7) is 5.58. The molecule has 0 aliphatic carbocycles. The Hall–Kier alpha value is -1.11. The summed E-state index contributed by atoms with van der Waals surface area (Å²) in [5.74, 6) is 0.825. The maximum atomic E-state index is 12.1. The number of rotatable bonds is 8. The summed E-state index contributed by atoms with van der Waals surface area (Å²) in [6, 6.07) is 7.66. The number of hydrogen-bond acceptors (Lipinski definition) is 3. The lowest BCUT2D eigenvalue weighted by Crippen LogP contribution is -2.45. The van der Waals surface area contributed by atoms with E-state index in [0.717, 1.165) is 18.6 Å². The van der Waals surface area contributed by atoms with Crippen molar-refractivity contribution >= 4 is 10.2 Å². The highest BCUT2D eigenvalue weighted by Crippen LogP contribution is 2.13. The number of aryl methyl sites for hydroxylation is 1. The molecule has 21 heavy (non-hydrogen) atoms. The Bertz CT molecular complexity index is 526. The predicted molar refractivity (Wildman–Crippen MR) is 85.7 cm³/mol. The molecule has 1 aromatic carbocycles. The first-order valence-corrected chi connectivity index (χ1v) is 8.58. The van der Waals surface area contributed by atoms with Crippen LogP contribution >= 0.6 is 0 Å². The minimum Gasteiger partial charge on any atom is -0.497 e. The van der Waals surface area contributed by atoms with Gasteiger partial charge in [-0.1, -0.05) is 12.1 Å². The smallest absolute Gasteiger partial charge is 0.279 e. The number of nitrogens with zero attached hydrogens (tertiary/aromatic N) is 1. The molecule has 1 atom stereocenters. The van der Waals surface area contributed by atoms with Crippen LogP contribution in [-0.4, -0.2) is 39.0 Å². The summed E-state index contributed by atoms with van der Waals surface area (Å²) in [7, 11) is -0.188. The third-order valence-corrected chi connectivity index (χ3v) is 5.36. The van der Waals surface area contributed by atoms with Gasteiger partial charge in [0.05, 0.1) is 7.11 Å². The zero-order valence-corrected chi connectivity index (χ0v) is 14.3. The Morgan fingerprint density at radius 3 is 2.24 bits per heavy atom. The van der Waals surface area contributed by atoms with Gasteiger partial charge in [0.1, 0.15) is 5.75 Å². The summed E-state index contributed by atoms with van der Waals surface area (Å²) in [6.07, 6.45) is 1.57. The maximum Gasteiger partial charge on any atom is 0.279 e. The van der Waals surface area contributed by atoms with E-state index >= 15 is 0 Å². The molecule has 0 aliphatic rings. The lowest BCUT2D eigenvalue weighted by Gasteiger charge is -2.24. The number of methoxy groups -OCH3 is 1. The Morgan fingerprint density at radius 1 is 1.19 bits per heavy atom. The predicted octanol–water partition coefficient (Wildman–Crippen LogP) is 2.19. The summed E-state index contributed by atoms with van der Waals surface area (Å²) in [4.78, 5) is 0. The van der Waals surface area contributed by atoms with Gasteiger partial charge in [-0.2, -0.15) is 17.4 Å².